The van der Waals surface area contributed by atoms with Crippen LogP contribution in [-0.2, 0) is 16.0 Å². The van der Waals surface area contributed by atoms with Crippen molar-refractivity contribution in [3.8, 4) is 11.1 Å². The fourth-order valence-electron chi connectivity index (χ4n) is 3.79. The molecule has 6 N–H and O–H groups in total. The highest BCUT2D eigenvalue weighted by Gasteiger charge is 2.25. The first-order chi connectivity index (χ1) is 17.8. The Morgan fingerprint density at radius 1 is 1.16 bits per heavy atom. The highest BCUT2D eigenvalue weighted by Crippen LogP contribution is 2.26. The van der Waals surface area contributed by atoms with Crippen LogP contribution in [0.2, 0.25) is 5.02 Å². The maximum Gasteiger partial charge on any atom is 0.308 e. The number of hydrogen-bond donors (Lipinski definition) is 5. The van der Waals surface area contributed by atoms with Gasteiger partial charge in [0.15, 0.2) is 5.69 Å². The molecule has 0 aliphatic rings. The van der Waals surface area contributed by atoms with Crippen LogP contribution in [0.25, 0.3) is 11.1 Å². The molecule has 0 unspecified atom stereocenters. The molecule has 0 saturated heterocycles. The summed E-state index contributed by atoms with van der Waals surface area (Å²) in [6, 6.07) is 10.7. The van der Waals surface area contributed by atoms with Crippen molar-refractivity contribution in [2.24, 2.45) is 11.7 Å². The molecule has 0 fully saturated rings. The third-order valence-corrected chi connectivity index (χ3v) is 5.97. The quantitative estimate of drug-likeness (QED) is 0.227. The van der Waals surface area contributed by atoms with Crippen LogP contribution in [0, 0.1) is 11.7 Å². The van der Waals surface area contributed by atoms with Crippen molar-refractivity contribution in [3.63, 3.8) is 0 Å². The number of nitrogens with zero attached hydrogens (tertiary/aromatic N) is 2. The Morgan fingerprint density at radius 2 is 1.92 bits per heavy atom. The molecule has 0 aliphatic carbocycles. The van der Waals surface area contributed by atoms with Gasteiger partial charge in [-0.05, 0) is 55.1 Å². The zero-order valence-electron chi connectivity index (χ0n) is 19.9. The van der Waals surface area contributed by atoms with Gasteiger partial charge in [-0.3, -0.25) is 14.4 Å². The van der Waals surface area contributed by atoms with Gasteiger partial charge in [0.1, 0.15) is 5.82 Å². The molecule has 10 nitrogen and oxygen atoms in total. The summed E-state index contributed by atoms with van der Waals surface area (Å²) in [6.45, 7) is 0.261. The van der Waals surface area contributed by atoms with Gasteiger partial charge in [0.2, 0.25) is 5.91 Å². The summed E-state index contributed by atoms with van der Waals surface area (Å²) in [5, 5.41) is 25.3. The molecule has 1 aromatic heterocycles. The Bertz CT molecular complexity index is 1210. The summed E-state index contributed by atoms with van der Waals surface area (Å²) >= 11 is 6.00. The van der Waals surface area contributed by atoms with E-state index in [1.165, 1.54) is 24.4 Å². The van der Waals surface area contributed by atoms with Crippen LogP contribution in [0.5, 0.6) is 0 Å². The molecule has 2 amide bonds. The van der Waals surface area contributed by atoms with Gasteiger partial charge in [0.05, 0.1) is 12.1 Å². The number of nitrogens with one attached hydrogen (secondary N) is 3. The average molecular weight is 531 g/mol. The SMILES string of the molecule is NCCCC(=O)NC[C@H](C[C@@H](Cc1ccc(-c2cc(Cl)ccc2F)cc1)NC(=O)c1cn[nH]n1)C(=O)O. The zero-order valence-corrected chi connectivity index (χ0v) is 20.7. The van der Waals surface area contributed by atoms with E-state index in [0.29, 0.717) is 29.1 Å². The lowest BCUT2D eigenvalue weighted by molar-refractivity contribution is -0.142. The second-order valence-corrected chi connectivity index (χ2v) is 8.95. The monoisotopic (exact) mass is 530 g/mol. The number of carbonyl (C=O) groups is 3. The van der Waals surface area contributed by atoms with Gasteiger partial charge in [-0.2, -0.15) is 15.4 Å². The minimum absolute atomic E-state index is 0.0424. The Balaban J connectivity index is 1.75. The maximum atomic E-state index is 14.2. The van der Waals surface area contributed by atoms with Crippen molar-refractivity contribution >= 4 is 29.4 Å². The van der Waals surface area contributed by atoms with Crippen molar-refractivity contribution in [2.75, 3.05) is 13.1 Å². The van der Waals surface area contributed by atoms with Gasteiger partial charge in [-0.15, -0.1) is 0 Å². The van der Waals surface area contributed by atoms with E-state index in [1.807, 2.05) is 0 Å². The van der Waals surface area contributed by atoms with Gasteiger partial charge in [0, 0.05) is 29.6 Å². The molecule has 0 spiro atoms. The van der Waals surface area contributed by atoms with E-state index in [0.717, 1.165) is 5.56 Å². The third-order valence-electron chi connectivity index (χ3n) is 5.73. The summed E-state index contributed by atoms with van der Waals surface area (Å²) in [5.41, 5.74) is 7.23. The number of aromatic amines is 1. The largest absolute Gasteiger partial charge is 0.481 e. The zero-order chi connectivity index (χ0) is 26.8. The molecule has 3 rings (SSSR count). The van der Waals surface area contributed by atoms with Gasteiger partial charge < -0.3 is 21.5 Å². The van der Waals surface area contributed by atoms with E-state index >= 15 is 0 Å². The Kier molecular flexibility index (Phi) is 10.1. The first-order valence-corrected chi connectivity index (χ1v) is 12.0. The number of aliphatic carboxylic acids is 1. The van der Waals surface area contributed by atoms with Crippen molar-refractivity contribution < 1.29 is 23.9 Å². The van der Waals surface area contributed by atoms with Crippen molar-refractivity contribution in [2.45, 2.75) is 31.7 Å². The highest BCUT2D eigenvalue weighted by atomic mass is 35.5. The number of hydrogen-bond acceptors (Lipinski definition) is 6. The second kappa shape index (κ2) is 13.5. The van der Waals surface area contributed by atoms with E-state index < -0.39 is 29.7 Å². The van der Waals surface area contributed by atoms with Crippen LogP contribution in [0.4, 0.5) is 4.39 Å². The maximum absolute atomic E-state index is 14.2. The minimum Gasteiger partial charge on any atom is -0.481 e. The number of amides is 2. The molecule has 196 valence electrons. The number of benzene rings is 2. The number of carboxylic acid groups (broad SMARTS) is 1. The van der Waals surface area contributed by atoms with E-state index in [2.05, 4.69) is 26.0 Å². The average Bonchev–Trinajstić information content (AvgIpc) is 3.42. The summed E-state index contributed by atoms with van der Waals surface area (Å²) in [6.07, 6.45) is 2.28. The van der Waals surface area contributed by atoms with Gasteiger partial charge in [0.25, 0.3) is 5.91 Å². The first-order valence-electron chi connectivity index (χ1n) is 11.7. The number of rotatable bonds is 13. The molecule has 0 radical (unpaired) electrons. The van der Waals surface area contributed by atoms with E-state index in [-0.39, 0.29) is 37.4 Å². The number of halogens is 2. The molecule has 1 heterocycles. The summed E-state index contributed by atoms with van der Waals surface area (Å²) in [7, 11) is 0. The van der Waals surface area contributed by atoms with E-state index in [4.69, 9.17) is 17.3 Å². The van der Waals surface area contributed by atoms with Gasteiger partial charge >= 0.3 is 5.97 Å². The number of aromatic nitrogens is 3. The Labute approximate surface area is 217 Å². The summed E-state index contributed by atoms with van der Waals surface area (Å²) in [5.74, 6) is -3.28. The van der Waals surface area contributed by atoms with Crippen LogP contribution in [0.1, 0.15) is 35.3 Å². The predicted octanol–water partition coefficient (Wildman–Crippen LogP) is 2.55. The molecular weight excluding hydrogens is 503 g/mol. The van der Waals surface area contributed by atoms with Gasteiger partial charge in [-0.1, -0.05) is 35.9 Å². The lowest BCUT2D eigenvalue weighted by Gasteiger charge is -2.23. The lowest BCUT2D eigenvalue weighted by atomic mass is 9.93. The predicted molar refractivity (Wildman–Crippen MR) is 135 cm³/mol. The van der Waals surface area contributed by atoms with Crippen molar-refractivity contribution in [3.05, 3.63) is 70.8 Å². The van der Waals surface area contributed by atoms with E-state index in [9.17, 15) is 23.9 Å². The first kappa shape index (κ1) is 27.8. The van der Waals surface area contributed by atoms with Crippen LogP contribution in [0.15, 0.2) is 48.7 Å². The van der Waals surface area contributed by atoms with Crippen LogP contribution >= 0.6 is 11.6 Å². The van der Waals surface area contributed by atoms with Crippen LogP contribution < -0.4 is 16.4 Å². The smallest absolute Gasteiger partial charge is 0.308 e. The fraction of sp³-hybridized carbons (Fsp3) is 0.320. The number of carboxylic acids is 1. The highest BCUT2D eigenvalue weighted by molar-refractivity contribution is 6.30. The van der Waals surface area contributed by atoms with Crippen molar-refractivity contribution in [1.82, 2.24) is 26.0 Å². The minimum atomic E-state index is -1.11. The van der Waals surface area contributed by atoms with Crippen molar-refractivity contribution in [1.29, 1.82) is 0 Å². The molecule has 3 aromatic rings. The topological polar surface area (TPSA) is 163 Å². The summed E-state index contributed by atoms with van der Waals surface area (Å²) in [4.78, 5) is 36.5. The Morgan fingerprint density at radius 3 is 2.57 bits per heavy atom. The molecule has 0 bridgehead atoms. The number of nitrogens with two attached hydrogens (primary N) is 1. The molecule has 0 aliphatic heterocycles. The molecule has 2 atom stereocenters. The molecule has 37 heavy (non-hydrogen) atoms. The fourth-order valence-corrected chi connectivity index (χ4v) is 3.96. The number of H-pyrrole nitrogens is 1. The molecular formula is C25H28ClFN6O4. The number of carbonyl (C=O) groups excluding carboxylic acids is 2. The normalized spacial score (nSPS) is 12.5. The van der Waals surface area contributed by atoms with Gasteiger partial charge in [-0.25, -0.2) is 4.39 Å². The van der Waals surface area contributed by atoms with E-state index in [1.54, 1.807) is 24.3 Å². The molecule has 2 aromatic carbocycles. The lowest BCUT2D eigenvalue weighted by Crippen LogP contribution is -2.42. The standard InChI is InChI=1S/C25H28ClFN6O4/c26-18-7-8-21(27)20(12-18)16-5-3-15(4-6-16)10-19(31-24(35)22-14-30-33-32-22)11-17(25(36)37)13-29-23(34)2-1-9-28/h3-8,12,14,17,19H,1-2,9-11,13,28H2,(H,29,34)(H,31,35)(H,36,37)(H,30,32,33)/t17-,19+/m0/s1. The molecule has 12 heteroatoms. The third kappa shape index (κ3) is 8.36. The summed E-state index contributed by atoms with van der Waals surface area (Å²) < 4.78 is 14.2. The van der Waals surface area contributed by atoms with Crippen LogP contribution in [-0.4, -0.2) is 57.4 Å². The van der Waals surface area contributed by atoms with Crippen LogP contribution in [0.3, 0.4) is 0 Å². The molecule has 0 saturated carbocycles. The second-order valence-electron chi connectivity index (χ2n) is 8.52. The Hall–Kier alpha value is -3.83.